The van der Waals surface area contributed by atoms with Crippen LogP contribution in [0.2, 0.25) is 0 Å². The monoisotopic (exact) mass is 277 g/mol. The SMILES string of the molecule is C[S+]([O-])NC(=O)Cc1c2c(cc3c1CCC3)CCC2. The van der Waals surface area contributed by atoms with Crippen molar-refractivity contribution >= 4 is 17.3 Å². The smallest absolute Gasteiger partial charge is 0.265 e. The summed E-state index contributed by atoms with van der Waals surface area (Å²) >= 11 is -1.27. The van der Waals surface area contributed by atoms with Gasteiger partial charge in [-0.25, -0.2) is 0 Å². The summed E-state index contributed by atoms with van der Waals surface area (Å²) in [6.45, 7) is 0. The fraction of sp³-hybridized carbons (Fsp3) is 0.533. The highest BCUT2D eigenvalue weighted by atomic mass is 32.2. The highest BCUT2D eigenvalue weighted by molar-refractivity contribution is 7.89. The third-order valence-electron chi connectivity index (χ3n) is 4.19. The molecule has 3 nitrogen and oxygen atoms in total. The van der Waals surface area contributed by atoms with Crippen LogP contribution in [0.4, 0.5) is 0 Å². The third kappa shape index (κ3) is 2.51. The molecule has 1 unspecified atom stereocenters. The van der Waals surface area contributed by atoms with Crippen LogP contribution >= 0.6 is 0 Å². The van der Waals surface area contributed by atoms with Gasteiger partial charge in [0.2, 0.25) is 0 Å². The molecule has 0 heterocycles. The zero-order valence-electron chi connectivity index (χ0n) is 11.3. The Kier molecular flexibility index (Phi) is 3.54. The van der Waals surface area contributed by atoms with Gasteiger partial charge in [0, 0.05) is 0 Å². The molecule has 1 amide bonds. The van der Waals surface area contributed by atoms with Crippen LogP contribution in [0.3, 0.4) is 0 Å². The summed E-state index contributed by atoms with van der Waals surface area (Å²) < 4.78 is 13.6. The van der Waals surface area contributed by atoms with Crippen LogP contribution in [0.25, 0.3) is 0 Å². The van der Waals surface area contributed by atoms with Gasteiger partial charge in [-0.2, -0.15) is 4.72 Å². The molecule has 1 aromatic rings. The van der Waals surface area contributed by atoms with Gasteiger partial charge in [-0.1, -0.05) is 6.07 Å². The molecule has 2 aliphatic carbocycles. The molecular formula is C15H19NO2S. The standard InChI is InChI=1S/C15H19NO2S/c1-19(18)16-15(17)9-14-12-6-2-4-10(12)8-11-5-3-7-13(11)14/h8H,2-7,9H2,1H3,(H,16,17). The third-order valence-corrected chi connectivity index (χ3v) is 4.71. The van der Waals surface area contributed by atoms with Crippen LogP contribution < -0.4 is 4.72 Å². The number of hydrogen-bond acceptors (Lipinski definition) is 2. The van der Waals surface area contributed by atoms with E-state index in [9.17, 15) is 9.35 Å². The predicted molar refractivity (Wildman–Crippen MR) is 76.4 cm³/mol. The molecule has 2 aliphatic rings. The highest BCUT2D eigenvalue weighted by Gasteiger charge is 2.25. The maximum Gasteiger partial charge on any atom is 0.265 e. The summed E-state index contributed by atoms with van der Waals surface area (Å²) in [6.07, 6.45) is 8.79. The first-order valence-electron chi connectivity index (χ1n) is 6.93. The Morgan fingerprint density at radius 1 is 1.21 bits per heavy atom. The lowest BCUT2D eigenvalue weighted by atomic mass is 9.92. The van der Waals surface area contributed by atoms with E-state index in [0.717, 1.165) is 25.7 Å². The Morgan fingerprint density at radius 3 is 2.32 bits per heavy atom. The number of carbonyl (C=O) groups excluding carboxylic acids is 1. The molecule has 0 saturated carbocycles. The summed E-state index contributed by atoms with van der Waals surface area (Å²) in [7, 11) is 0. The Hall–Kier alpha value is -1.00. The molecule has 102 valence electrons. The van der Waals surface area contributed by atoms with E-state index < -0.39 is 11.4 Å². The van der Waals surface area contributed by atoms with Crippen molar-refractivity contribution in [3.8, 4) is 0 Å². The molecule has 3 rings (SSSR count). The average Bonchev–Trinajstić information content (AvgIpc) is 2.94. The van der Waals surface area contributed by atoms with Crippen molar-refractivity contribution in [1.29, 1.82) is 0 Å². The summed E-state index contributed by atoms with van der Waals surface area (Å²) in [6, 6.07) is 2.37. The molecule has 0 fully saturated rings. The van der Waals surface area contributed by atoms with E-state index >= 15 is 0 Å². The Labute approximate surface area is 117 Å². The van der Waals surface area contributed by atoms with Gasteiger partial charge in [-0.05, 0) is 66.3 Å². The maximum absolute atomic E-state index is 11.9. The van der Waals surface area contributed by atoms with Gasteiger partial charge in [0.25, 0.3) is 5.91 Å². The van der Waals surface area contributed by atoms with Crippen molar-refractivity contribution in [2.45, 2.75) is 44.9 Å². The molecule has 1 N–H and O–H groups in total. The Bertz CT molecular complexity index is 493. The number of benzene rings is 1. The molecule has 0 aliphatic heterocycles. The first-order valence-corrected chi connectivity index (χ1v) is 8.49. The molecule has 1 atom stereocenters. The van der Waals surface area contributed by atoms with Gasteiger partial charge in [-0.15, -0.1) is 0 Å². The predicted octanol–water partition coefficient (Wildman–Crippen LogP) is 1.62. The van der Waals surface area contributed by atoms with Crippen LogP contribution in [0, 0.1) is 0 Å². The second kappa shape index (κ2) is 5.17. The van der Waals surface area contributed by atoms with Crippen LogP contribution in [0.15, 0.2) is 6.07 Å². The topological polar surface area (TPSA) is 52.2 Å². The fourth-order valence-electron chi connectivity index (χ4n) is 3.50. The first kappa shape index (κ1) is 13.0. The molecule has 19 heavy (non-hydrogen) atoms. The van der Waals surface area contributed by atoms with E-state index in [2.05, 4.69) is 10.8 Å². The largest absolute Gasteiger partial charge is 0.593 e. The lowest BCUT2D eigenvalue weighted by Crippen LogP contribution is -2.31. The van der Waals surface area contributed by atoms with Crippen LogP contribution in [-0.2, 0) is 48.3 Å². The first-order chi connectivity index (χ1) is 9.15. The van der Waals surface area contributed by atoms with Crippen molar-refractivity contribution in [2.24, 2.45) is 0 Å². The molecule has 0 radical (unpaired) electrons. The summed E-state index contributed by atoms with van der Waals surface area (Å²) in [5.74, 6) is -0.116. The van der Waals surface area contributed by atoms with Crippen molar-refractivity contribution < 1.29 is 9.35 Å². The number of nitrogens with one attached hydrogen (secondary N) is 1. The van der Waals surface area contributed by atoms with Crippen molar-refractivity contribution in [2.75, 3.05) is 6.26 Å². The number of carbonyl (C=O) groups is 1. The zero-order chi connectivity index (χ0) is 13.4. The minimum Gasteiger partial charge on any atom is -0.593 e. The number of fused-ring (bicyclic) bond motifs is 2. The van der Waals surface area contributed by atoms with E-state index in [1.807, 2.05) is 0 Å². The number of rotatable bonds is 3. The van der Waals surface area contributed by atoms with E-state index in [4.69, 9.17) is 0 Å². The highest BCUT2D eigenvalue weighted by Crippen LogP contribution is 2.35. The van der Waals surface area contributed by atoms with Gasteiger partial charge >= 0.3 is 0 Å². The molecule has 0 aromatic heterocycles. The van der Waals surface area contributed by atoms with Gasteiger partial charge in [0.05, 0.1) is 17.8 Å². The van der Waals surface area contributed by atoms with Crippen LogP contribution in [-0.4, -0.2) is 16.7 Å². The van der Waals surface area contributed by atoms with Crippen molar-refractivity contribution in [3.63, 3.8) is 0 Å². The number of hydrogen-bond donors (Lipinski definition) is 1. The van der Waals surface area contributed by atoms with E-state index in [0.29, 0.717) is 6.42 Å². The second-order valence-corrected chi connectivity index (χ2v) is 6.61. The molecule has 4 heteroatoms. The van der Waals surface area contributed by atoms with Gasteiger partial charge in [0.1, 0.15) is 6.26 Å². The van der Waals surface area contributed by atoms with Crippen LogP contribution in [0.5, 0.6) is 0 Å². The fourth-order valence-corrected chi connectivity index (χ4v) is 3.90. The second-order valence-electron chi connectivity index (χ2n) is 5.49. The van der Waals surface area contributed by atoms with Gasteiger partial charge in [-0.3, -0.25) is 4.79 Å². The quantitative estimate of drug-likeness (QED) is 0.854. The Balaban J connectivity index is 1.94. The molecular weight excluding hydrogens is 258 g/mol. The van der Waals surface area contributed by atoms with E-state index in [1.165, 1.54) is 46.9 Å². The van der Waals surface area contributed by atoms with Crippen LogP contribution in [0.1, 0.15) is 40.7 Å². The van der Waals surface area contributed by atoms with E-state index in [-0.39, 0.29) is 5.91 Å². The zero-order valence-corrected chi connectivity index (χ0v) is 12.1. The van der Waals surface area contributed by atoms with Crippen molar-refractivity contribution in [3.05, 3.63) is 33.9 Å². The minimum atomic E-state index is -1.27. The average molecular weight is 277 g/mol. The van der Waals surface area contributed by atoms with E-state index in [1.54, 1.807) is 0 Å². The molecule has 0 spiro atoms. The van der Waals surface area contributed by atoms with Gasteiger partial charge < -0.3 is 4.55 Å². The number of amides is 1. The normalized spacial score (nSPS) is 18.0. The summed E-state index contributed by atoms with van der Waals surface area (Å²) in [5, 5.41) is 0. The Morgan fingerprint density at radius 2 is 1.79 bits per heavy atom. The molecule has 0 bridgehead atoms. The van der Waals surface area contributed by atoms with Gasteiger partial charge in [0.15, 0.2) is 0 Å². The molecule has 0 saturated heterocycles. The van der Waals surface area contributed by atoms with Crippen molar-refractivity contribution in [1.82, 2.24) is 4.72 Å². The summed E-state index contributed by atoms with van der Waals surface area (Å²) in [4.78, 5) is 11.9. The molecule has 1 aromatic carbocycles. The maximum atomic E-state index is 11.9. The summed E-state index contributed by atoms with van der Waals surface area (Å²) in [5.41, 5.74) is 6.93. The lowest BCUT2D eigenvalue weighted by Gasteiger charge is -2.15. The minimum absolute atomic E-state index is 0.116. The number of aryl methyl sites for hydroxylation is 2. The lowest BCUT2D eigenvalue weighted by molar-refractivity contribution is -0.118.